The van der Waals surface area contributed by atoms with Crippen LogP contribution in [-0.4, -0.2) is 56.9 Å². The first-order chi connectivity index (χ1) is 14.1. The molecule has 0 atom stereocenters. The molecule has 2 aliphatic rings. The quantitative estimate of drug-likeness (QED) is 0.763. The number of hydrogen-bond acceptors (Lipinski definition) is 7. The Morgan fingerprint density at radius 2 is 1.97 bits per heavy atom. The van der Waals surface area contributed by atoms with Gasteiger partial charge in [-0.1, -0.05) is 19.3 Å². The average molecular weight is 400 g/mol. The number of esters is 1. The third kappa shape index (κ3) is 4.04. The van der Waals surface area contributed by atoms with Crippen LogP contribution in [0.15, 0.2) is 18.5 Å². The molecule has 1 amide bonds. The van der Waals surface area contributed by atoms with Crippen LogP contribution in [0.4, 0.5) is 5.82 Å². The number of nitrogens with zero attached hydrogens (tertiary/aromatic N) is 5. The van der Waals surface area contributed by atoms with Crippen LogP contribution in [0.2, 0.25) is 0 Å². The highest BCUT2D eigenvalue weighted by Crippen LogP contribution is 2.31. The number of amides is 1. The number of nitrogens with one attached hydrogen (secondary N) is 1. The van der Waals surface area contributed by atoms with Crippen LogP contribution in [0, 0.1) is 5.92 Å². The number of fused-ring (bicyclic) bond motifs is 1. The Balaban J connectivity index is 1.38. The van der Waals surface area contributed by atoms with E-state index < -0.39 is 5.54 Å². The second-order valence-corrected chi connectivity index (χ2v) is 7.94. The maximum absolute atomic E-state index is 13.0. The van der Waals surface area contributed by atoms with E-state index in [-0.39, 0.29) is 17.8 Å². The summed E-state index contributed by atoms with van der Waals surface area (Å²) in [5.41, 5.74) is -0.136. The standard InChI is InChI=1S/C20H28N6O3/c1-2-29-19(28)20(10-4-3-5-11-20)22-18(27)15-8-12-25(13-9-15)17-7-6-16-23-21-14-26(16)24-17/h6-7,14-15H,2-5,8-13H2,1H3,(H,22,27). The molecule has 0 radical (unpaired) electrons. The lowest BCUT2D eigenvalue weighted by Gasteiger charge is -2.38. The fourth-order valence-electron chi connectivity index (χ4n) is 4.40. The van der Waals surface area contributed by atoms with Crippen LogP contribution in [-0.2, 0) is 14.3 Å². The fraction of sp³-hybridized carbons (Fsp3) is 0.650. The van der Waals surface area contributed by atoms with Gasteiger partial charge in [0.2, 0.25) is 5.91 Å². The number of hydrogen-bond donors (Lipinski definition) is 1. The molecule has 3 heterocycles. The molecule has 0 spiro atoms. The molecule has 9 nitrogen and oxygen atoms in total. The van der Waals surface area contributed by atoms with E-state index in [4.69, 9.17) is 4.74 Å². The predicted octanol–water partition coefficient (Wildman–Crippen LogP) is 1.72. The van der Waals surface area contributed by atoms with Crippen LogP contribution in [0.3, 0.4) is 0 Å². The van der Waals surface area contributed by atoms with Gasteiger partial charge < -0.3 is 15.0 Å². The predicted molar refractivity (Wildman–Crippen MR) is 106 cm³/mol. The highest BCUT2D eigenvalue weighted by molar-refractivity contribution is 5.89. The molecule has 1 saturated heterocycles. The Bertz CT molecular complexity index is 868. The smallest absolute Gasteiger partial charge is 0.331 e. The van der Waals surface area contributed by atoms with E-state index in [1.54, 1.807) is 17.8 Å². The van der Waals surface area contributed by atoms with E-state index in [0.29, 0.717) is 25.1 Å². The van der Waals surface area contributed by atoms with E-state index in [0.717, 1.165) is 51.0 Å². The van der Waals surface area contributed by atoms with Gasteiger partial charge in [0.25, 0.3) is 0 Å². The number of aromatic nitrogens is 4. The third-order valence-corrected chi connectivity index (χ3v) is 6.07. The molecule has 0 bridgehead atoms. The molecule has 0 aromatic carbocycles. The maximum Gasteiger partial charge on any atom is 0.331 e. The van der Waals surface area contributed by atoms with Crippen molar-refractivity contribution in [2.24, 2.45) is 5.92 Å². The van der Waals surface area contributed by atoms with Crippen molar-refractivity contribution in [1.29, 1.82) is 0 Å². The second-order valence-electron chi connectivity index (χ2n) is 7.94. The first-order valence-corrected chi connectivity index (χ1v) is 10.5. The molecule has 2 fully saturated rings. The van der Waals surface area contributed by atoms with E-state index in [2.05, 4.69) is 25.5 Å². The summed E-state index contributed by atoms with van der Waals surface area (Å²) in [6, 6.07) is 3.82. The SMILES string of the molecule is CCOC(=O)C1(NC(=O)C2CCN(c3ccc4nncn4n3)CC2)CCCCC1. The van der Waals surface area contributed by atoms with Gasteiger partial charge in [-0.25, -0.2) is 4.79 Å². The highest BCUT2D eigenvalue weighted by atomic mass is 16.5. The van der Waals surface area contributed by atoms with Gasteiger partial charge in [0.05, 0.1) is 6.61 Å². The molecule has 29 heavy (non-hydrogen) atoms. The van der Waals surface area contributed by atoms with E-state index >= 15 is 0 Å². The lowest BCUT2D eigenvalue weighted by atomic mass is 9.80. The highest BCUT2D eigenvalue weighted by Gasteiger charge is 2.43. The molecule has 9 heteroatoms. The third-order valence-electron chi connectivity index (χ3n) is 6.07. The number of rotatable bonds is 5. The molecule has 156 valence electrons. The zero-order chi connectivity index (χ0) is 20.3. The van der Waals surface area contributed by atoms with Gasteiger partial charge >= 0.3 is 5.97 Å². The average Bonchev–Trinajstić information content (AvgIpc) is 3.22. The zero-order valence-electron chi connectivity index (χ0n) is 16.8. The summed E-state index contributed by atoms with van der Waals surface area (Å²) in [6.07, 6.45) is 7.35. The van der Waals surface area contributed by atoms with Gasteiger partial charge in [-0.15, -0.1) is 15.3 Å². The van der Waals surface area contributed by atoms with Crippen LogP contribution in [0.25, 0.3) is 5.65 Å². The van der Waals surface area contributed by atoms with Gasteiger partial charge in [-0.2, -0.15) is 4.52 Å². The summed E-state index contributed by atoms with van der Waals surface area (Å²) in [5, 5.41) is 15.5. The summed E-state index contributed by atoms with van der Waals surface area (Å²) in [4.78, 5) is 27.8. The van der Waals surface area contributed by atoms with Crippen molar-refractivity contribution in [3.8, 4) is 0 Å². The van der Waals surface area contributed by atoms with Crippen LogP contribution >= 0.6 is 0 Å². The number of carbonyl (C=O) groups excluding carboxylic acids is 2. The van der Waals surface area contributed by atoms with Crippen LogP contribution in [0.1, 0.15) is 51.9 Å². The first kappa shape index (κ1) is 19.6. The minimum absolute atomic E-state index is 0.0261. The molecule has 1 aliphatic heterocycles. The largest absolute Gasteiger partial charge is 0.464 e. The molecule has 2 aromatic heterocycles. The lowest BCUT2D eigenvalue weighted by Crippen LogP contribution is -2.58. The summed E-state index contributed by atoms with van der Waals surface area (Å²) in [5.74, 6) is 0.448. The van der Waals surface area contributed by atoms with E-state index in [1.165, 1.54) is 0 Å². The Kier molecular flexibility index (Phi) is 5.64. The van der Waals surface area contributed by atoms with Crippen molar-refractivity contribution in [3.05, 3.63) is 18.5 Å². The minimum atomic E-state index is -0.844. The fourth-order valence-corrected chi connectivity index (χ4v) is 4.40. The molecule has 1 saturated carbocycles. The minimum Gasteiger partial charge on any atom is -0.464 e. The first-order valence-electron chi connectivity index (χ1n) is 10.5. The Morgan fingerprint density at radius 1 is 1.21 bits per heavy atom. The second kappa shape index (κ2) is 8.34. The van der Waals surface area contributed by atoms with Crippen molar-refractivity contribution < 1.29 is 14.3 Å². The number of carbonyl (C=O) groups is 2. The lowest BCUT2D eigenvalue weighted by molar-refractivity contribution is -0.155. The molecule has 1 aliphatic carbocycles. The molecule has 1 N–H and O–H groups in total. The van der Waals surface area contributed by atoms with Crippen molar-refractivity contribution in [2.75, 3.05) is 24.6 Å². The number of anilines is 1. The number of ether oxygens (including phenoxy) is 1. The van der Waals surface area contributed by atoms with Gasteiger partial charge in [0, 0.05) is 19.0 Å². The Labute approximate surface area is 169 Å². The monoisotopic (exact) mass is 400 g/mol. The van der Waals surface area contributed by atoms with Crippen LogP contribution in [0.5, 0.6) is 0 Å². The van der Waals surface area contributed by atoms with Crippen molar-refractivity contribution in [1.82, 2.24) is 25.1 Å². The molecule has 2 aromatic rings. The Hall–Kier alpha value is -2.71. The van der Waals surface area contributed by atoms with Gasteiger partial charge in [0.15, 0.2) is 5.65 Å². The summed E-state index contributed by atoms with van der Waals surface area (Å²) < 4.78 is 6.95. The zero-order valence-corrected chi connectivity index (χ0v) is 16.8. The van der Waals surface area contributed by atoms with E-state index in [9.17, 15) is 9.59 Å². The van der Waals surface area contributed by atoms with Crippen molar-refractivity contribution in [2.45, 2.75) is 57.4 Å². The van der Waals surface area contributed by atoms with Gasteiger partial charge in [0.1, 0.15) is 17.7 Å². The topological polar surface area (TPSA) is 102 Å². The molecule has 0 unspecified atom stereocenters. The molecular weight excluding hydrogens is 372 g/mol. The van der Waals surface area contributed by atoms with Gasteiger partial charge in [-0.05, 0) is 44.7 Å². The maximum atomic E-state index is 13.0. The van der Waals surface area contributed by atoms with E-state index in [1.807, 2.05) is 12.1 Å². The summed E-state index contributed by atoms with van der Waals surface area (Å²) in [6.45, 7) is 3.62. The Morgan fingerprint density at radius 3 is 2.69 bits per heavy atom. The van der Waals surface area contributed by atoms with Gasteiger partial charge in [-0.3, -0.25) is 4.79 Å². The van der Waals surface area contributed by atoms with Crippen molar-refractivity contribution in [3.63, 3.8) is 0 Å². The normalized spacial score (nSPS) is 19.8. The van der Waals surface area contributed by atoms with Crippen molar-refractivity contribution >= 4 is 23.3 Å². The molecular formula is C20H28N6O3. The molecule has 4 rings (SSSR count). The van der Waals surface area contributed by atoms with Crippen LogP contribution < -0.4 is 10.2 Å². The number of piperidine rings is 1. The summed E-state index contributed by atoms with van der Waals surface area (Å²) >= 11 is 0. The summed E-state index contributed by atoms with van der Waals surface area (Å²) in [7, 11) is 0.